The van der Waals surface area contributed by atoms with Gasteiger partial charge < -0.3 is 15.2 Å². The van der Waals surface area contributed by atoms with Crippen molar-refractivity contribution in [2.45, 2.75) is 6.61 Å². The van der Waals surface area contributed by atoms with E-state index in [0.29, 0.717) is 23.6 Å². The first-order valence-electron chi connectivity index (χ1n) is 6.47. The molecule has 0 aromatic heterocycles. The molecule has 0 unspecified atom stereocenters. The van der Waals surface area contributed by atoms with Gasteiger partial charge in [0.1, 0.15) is 23.9 Å². The Kier molecular flexibility index (Phi) is 5.19. The van der Waals surface area contributed by atoms with E-state index in [1.807, 2.05) is 12.1 Å². The number of methoxy groups -OCH3 is 1. The van der Waals surface area contributed by atoms with Crippen LogP contribution in [-0.2, 0) is 6.61 Å². The summed E-state index contributed by atoms with van der Waals surface area (Å²) in [4.78, 5) is 0. The third-order valence-electron chi connectivity index (χ3n) is 2.84. The molecule has 0 heterocycles. The molecule has 0 radical (unpaired) electrons. The van der Waals surface area contributed by atoms with Crippen molar-refractivity contribution < 1.29 is 13.9 Å². The highest BCUT2D eigenvalue weighted by molar-refractivity contribution is 5.38. The SMILES string of the molecule is COc1ccc(COc2ccc(C#CCN)cc2)c(F)c1. The van der Waals surface area contributed by atoms with E-state index in [4.69, 9.17) is 15.2 Å². The van der Waals surface area contributed by atoms with Crippen LogP contribution in [0.3, 0.4) is 0 Å². The fraction of sp³-hybridized carbons (Fsp3) is 0.176. The average molecular weight is 285 g/mol. The lowest BCUT2D eigenvalue weighted by Crippen LogP contribution is -1.99. The van der Waals surface area contributed by atoms with E-state index in [2.05, 4.69) is 11.8 Å². The third kappa shape index (κ3) is 4.23. The summed E-state index contributed by atoms with van der Waals surface area (Å²) in [5.74, 6) is 6.49. The van der Waals surface area contributed by atoms with Gasteiger partial charge in [0.15, 0.2) is 0 Å². The Morgan fingerprint density at radius 1 is 1.10 bits per heavy atom. The highest BCUT2D eigenvalue weighted by atomic mass is 19.1. The first-order valence-corrected chi connectivity index (χ1v) is 6.47. The van der Waals surface area contributed by atoms with Crippen molar-refractivity contribution >= 4 is 0 Å². The molecule has 0 aliphatic heterocycles. The fourth-order valence-corrected chi connectivity index (χ4v) is 1.72. The summed E-state index contributed by atoms with van der Waals surface area (Å²) in [6.07, 6.45) is 0. The van der Waals surface area contributed by atoms with Crippen LogP contribution in [0.15, 0.2) is 42.5 Å². The molecule has 2 rings (SSSR count). The Bertz CT molecular complexity index is 657. The van der Waals surface area contributed by atoms with Gasteiger partial charge in [0, 0.05) is 17.2 Å². The summed E-state index contributed by atoms with van der Waals surface area (Å²) in [6, 6.07) is 11.9. The van der Waals surface area contributed by atoms with E-state index < -0.39 is 0 Å². The van der Waals surface area contributed by atoms with Gasteiger partial charge in [0.05, 0.1) is 13.7 Å². The Hall–Kier alpha value is -2.51. The van der Waals surface area contributed by atoms with Crippen molar-refractivity contribution in [2.75, 3.05) is 13.7 Å². The largest absolute Gasteiger partial charge is 0.497 e. The highest BCUT2D eigenvalue weighted by Crippen LogP contribution is 2.19. The second kappa shape index (κ2) is 7.32. The molecule has 0 aliphatic carbocycles. The minimum absolute atomic E-state index is 0.156. The van der Waals surface area contributed by atoms with Crippen molar-refractivity contribution in [2.24, 2.45) is 5.73 Å². The van der Waals surface area contributed by atoms with Crippen LogP contribution in [0.5, 0.6) is 11.5 Å². The molecular weight excluding hydrogens is 269 g/mol. The van der Waals surface area contributed by atoms with Gasteiger partial charge in [0.25, 0.3) is 0 Å². The van der Waals surface area contributed by atoms with Gasteiger partial charge in [-0.05, 0) is 36.4 Å². The van der Waals surface area contributed by atoms with Crippen molar-refractivity contribution in [1.29, 1.82) is 0 Å². The summed E-state index contributed by atoms with van der Waals surface area (Å²) in [7, 11) is 1.50. The van der Waals surface area contributed by atoms with Crippen LogP contribution in [0.1, 0.15) is 11.1 Å². The molecule has 21 heavy (non-hydrogen) atoms. The van der Waals surface area contributed by atoms with Crippen molar-refractivity contribution in [3.05, 3.63) is 59.4 Å². The van der Waals surface area contributed by atoms with Crippen LogP contribution >= 0.6 is 0 Å². The van der Waals surface area contributed by atoms with E-state index >= 15 is 0 Å². The Labute approximate surface area is 123 Å². The molecule has 2 N–H and O–H groups in total. The molecule has 2 aromatic carbocycles. The summed E-state index contributed by atoms with van der Waals surface area (Å²) >= 11 is 0. The van der Waals surface area contributed by atoms with Gasteiger partial charge in [-0.2, -0.15) is 0 Å². The summed E-state index contributed by atoms with van der Waals surface area (Å²) in [6.45, 7) is 0.485. The molecule has 0 amide bonds. The maximum absolute atomic E-state index is 13.8. The molecule has 0 atom stereocenters. The molecule has 108 valence electrons. The van der Waals surface area contributed by atoms with Gasteiger partial charge in [0.2, 0.25) is 0 Å². The van der Waals surface area contributed by atoms with E-state index in [1.54, 1.807) is 24.3 Å². The first-order chi connectivity index (χ1) is 10.2. The second-order valence-corrected chi connectivity index (χ2v) is 4.28. The monoisotopic (exact) mass is 285 g/mol. The van der Waals surface area contributed by atoms with Crippen LogP contribution < -0.4 is 15.2 Å². The Morgan fingerprint density at radius 2 is 1.81 bits per heavy atom. The summed E-state index contributed by atoms with van der Waals surface area (Å²) < 4.78 is 24.3. The van der Waals surface area contributed by atoms with Crippen LogP contribution in [0.2, 0.25) is 0 Å². The van der Waals surface area contributed by atoms with Crippen molar-refractivity contribution in [1.82, 2.24) is 0 Å². The number of ether oxygens (including phenoxy) is 2. The maximum Gasteiger partial charge on any atom is 0.133 e. The lowest BCUT2D eigenvalue weighted by Gasteiger charge is -2.08. The number of benzene rings is 2. The quantitative estimate of drug-likeness (QED) is 0.878. The Balaban J connectivity index is 1.99. The van der Waals surface area contributed by atoms with Gasteiger partial charge in [-0.3, -0.25) is 0 Å². The number of hydrogen-bond acceptors (Lipinski definition) is 3. The smallest absolute Gasteiger partial charge is 0.133 e. The molecule has 0 bridgehead atoms. The zero-order valence-corrected chi connectivity index (χ0v) is 11.7. The predicted octanol–water partition coefficient (Wildman–Crippen LogP) is 2.72. The molecule has 3 nitrogen and oxygen atoms in total. The highest BCUT2D eigenvalue weighted by Gasteiger charge is 2.05. The lowest BCUT2D eigenvalue weighted by molar-refractivity contribution is 0.299. The molecule has 2 aromatic rings. The van der Waals surface area contributed by atoms with Crippen molar-refractivity contribution in [3.63, 3.8) is 0 Å². The van der Waals surface area contributed by atoms with Crippen LogP contribution in [0.4, 0.5) is 4.39 Å². The standard InChI is InChI=1S/C17H16FNO2/c1-20-16-9-6-14(17(18)11-16)12-21-15-7-4-13(5-8-15)3-2-10-19/h4-9,11H,10,12,19H2,1H3. The molecule has 0 fully saturated rings. The fourth-order valence-electron chi connectivity index (χ4n) is 1.72. The zero-order valence-electron chi connectivity index (χ0n) is 11.7. The normalized spacial score (nSPS) is 9.67. The number of halogens is 1. The van der Waals surface area contributed by atoms with Gasteiger partial charge in [-0.25, -0.2) is 4.39 Å². The zero-order chi connectivity index (χ0) is 15.1. The summed E-state index contributed by atoms with van der Waals surface area (Å²) in [5, 5.41) is 0. The lowest BCUT2D eigenvalue weighted by atomic mass is 10.2. The number of hydrogen-bond donors (Lipinski definition) is 1. The van der Waals surface area contributed by atoms with Gasteiger partial charge >= 0.3 is 0 Å². The Morgan fingerprint density at radius 3 is 2.43 bits per heavy atom. The maximum atomic E-state index is 13.8. The van der Waals surface area contributed by atoms with E-state index in [-0.39, 0.29) is 12.4 Å². The molecule has 0 spiro atoms. The molecule has 4 heteroatoms. The predicted molar refractivity (Wildman–Crippen MR) is 79.7 cm³/mol. The van der Waals surface area contributed by atoms with Gasteiger partial charge in [-0.15, -0.1) is 0 Å². The number of rotatable bonds is 4. The van der Waals surface area contributed by atoms with Crippen LogP contribution in [0.25, 0.3) is 0 Å². The van der Waals surface area contributed by atoms with E-state index in [0.717, 1.165) is 5.56 Å². The second-order valence-electron chi connectivity index (χ2n) is 4.28. The number of nitrogens with two attached hydrogens (primary N) is 1. The summed E-state index contributed by atoms with van der Waals surface area (Å²) in [5.41, 5.74) is 6.65. The van der Waals surface area contributed by atoms with Gasteiger partial charge in [-0.1, -0.05) is 11.8 Å². The molecular formula is C17H16FNO2. The van der Waals surface area contributed by atoms with Crippen molar-refractivity contribution in [3.8, 4) is 23.3 Å². The van der Waals surface area contributed by atoms with E-state index in [9.17, 15) is 4.39 Å². The van der Waals surface area contributed by atoms with Crippen LogP contribution in [0, 0.1) is 17.7 Å². The third-order valence-corrected chi connectivity index (χ3v) is 2.84. The minimum atomic E-state index is -0.347. The van der Waals surface area contributed by atoms with E-state index in [1.165, 1.54) is 13.2 Å². The molecule has 0 saturated heterocycles. The first kappa shape index (κ1) is 14.9. The average Bonchev–Trinajstić information content (AvgIpc) is 2.52. The topological polar surface area (TPSA) is 44.5 Å². The molecule has 0 aliphatic rings. The molecule has 0 saturated carbocycles. The minimum Gasteiger partial charge on any atom is -0.497 e. The van der Waals surface area contributed by atoms with Crippen LogP contribution in [-0.4, -0.2) is 13.7 Å².